The molecule has 1 N–H and O–H groups in total. The molecule has 1 aromatic rings. The van der Waals surface area contributed by atoms with Crippen LogP contribution in [0.25, 0.3) is 0 Å². The molecule has 1 rings (SSSR count). The van der Waals surface area contributed by atoms with Crippen molar-refractivity contribution in [1.29, 1.82) is 0 Å². The molecule has 90 valence electrons. The summed E-state index contributed by atoms with van der Waals surface area (Å²) in [6.07, 6.45) is 0.924. The maximum Gasteiger partial charge on any atom is 0.300 e. The van der Waals surface area contributed by atoms with E-state index in [9.17, 15) is 0 Å². The quantitative estimate of drug-likeness (QED) is 0.859. The van der Waals surface area contributed by atoms with Gasteiger partial charge in [-0.05, 0) is 18.6 Å². The van der Waals surface area contributed by atoms with E-state index in [0.29, 0.717) is 0 Å². The van der Waals surface area contributed by atoms with Gasteiger partial charge in [-0.15, -0.1) is 0 Å². The summed E-state index contributed by atoms with van der Waals surface area (Å²) >= 11 is 0. The third kappa shape index (κ3) is 4.68. The molecule has 0 spiro atoms. The van der Waals surface area contributed by atoms with Crippen LogP contribution in [0.3, 0.4) is 0 Å². The smallest absolute Gasteiger partial charge is 0.300 e. The van der Waals surface area contributed by atoms with Gasteiger partial charge in [-0.1, -0.05) is 13.0 Å². The van der Waals surface area contributed by atoms with Crippen LogP contribution in [-0.2, 0) is 11.2 Å². The third-order valence-electron chi connectivity index (χ3n) is 1.88. The Bertz CT molecular complexity index is 308. The molecule has 0 aliphatic carbocycles. The van der Waals surface area contributed by atoms with Gasteiger partial charge < -0.3 is 14.6 Å². The van der Waals surface area contributed by atoms with Crippen LogP contribution in [0.4, 0.5) is 0 Å². The van der Waals surface area contributed by atoms with Gasteiger partial charge in [0.1, 0.15) is 11.5 Å². The molecule has 4 nitrogen and oxygen atoms in total. The van der Waals surface area contributed by atoms with Gasteiger partial charge in [0, 0.05) is 12.5 Å². The number of ether oxygens (including phenoxy) is 2. The Labute approximate surface area is 95.8 Å². The van der Waals surface area contributed by atoms with Crippen molar-refractivity contribution >= 4 is 5.97 Å². The number of carboxylic acids is 1. The predicted molar refractivity (Wildman–Crippen MR) is 62.2 cm³/mol. The van der Waals surface area contributed by atoms with E-state index in [0.717, 1.165) is 30.4 Å². The van der Waals surface area contributed by atoms with Gasteiger partial charge in [0.15, 0.2) is 0 Å². The fraction of sp³-hybridized carbons (Fsp3) is 0.417. The third-order valence-corrected chi connectivity index (χ3v) is 1.88. The van der Waals surface area contributed by atoms with E-state index in [-0.39, 0.29) is 0 Å². The van der Waals surface area contributed by atoms with Gasteiger partial charge in [0.05, 0.1) is 14.2 Å². The fourth-order valence-corrected chi connectivity index (χ4v) is 1.28. The molecule has 4 heteroatoms. The molecule has 0 aromatic heterocycles. The number of carbonyl (C=O) groups is 1. The van der Waals surface area contributed by atoms with E-state index in [2.05, 4.69) is 6.92 Å². The van der Waals surface area contributed by atoms with Crippen molar-refractivity contribution < 1.29 is 19.4 Å². The molecule has 0 aliphatic heterocycles. The molecule has 1 aromatic carbocycles. The average molecular weight is 226 g/mol. The second-order valence-corrected chi connectivity index (χ2v) is 3.01. The van der Waals surface area contributed by atoms with Crippen molar-refractivity contribution in [2.24, 2.45) is 0 Å². The van der Waals surface area contributed by atoms with E-state index in [1.54, 1.807) is 14.2 Å². The summed E-state index contributed by atoms with van der Waals surface area (Å²) in [6.45, 7) is 3.17. The summed E-state index contributed by atoms with van der Waals surface area (Å²) < 4.78 is 10.4. The molecule has 0 aliphatic rings. The molecule has 0 atom stereocenters. The highest BCUT2D eigenvalue weighted by Crippen LogP contribution is 2.28. The highest BCUT2D eigenvalue weighted by molar-refractivity contribution is 5.62. The van der Waals surface area contributed by atoms with E-state index in [1.807, 2.05) is 18.2 Å². The highest BCUT2D eigenvalue weighted by atomic mass is 16.5. The number of rotatable bonds is 3. The van der Waals surface area contributed by atoms with Crippen LogP contribution < -0.4 is 9.47 Å². The Balaban J connectivity index is 0.000000487. The topological polar surface area (TPSA) is 55.8 Å². The molecule has 16 heavy (non-hydrogen) atoms. The van der Waals surface area contributed by atoms with Crippen molar-refractivity contribution in [2.45, 2.75) is 20.3 Å². The zero-order valence-corrected chi connectivity index (χ0v) is 10.1. The Morgan fingerprint density at radius 2 is 1.62 bits per heavy atom. The Morgan fingerprint density at radius 1 is 1.25 bits per heavy atom. The van der Waals surface area contributed by atoms with Crippen LogP contribution in [0.1, 0.15) is 19.4 Å². The van der Waals surface area contributed by atoms with Crippen molar-refractivity contribution in [2.75, 3.05) is 14.2 Å². The highest BCUT2D eigenvalue weighted by Gasteiger charge is 2.05. The lowest BCUT2D eigenvalue weighted by Crippen LogP contribution is -1.94. The van der Waals surface area contributed by atoms with Crippen molar-refractivity contribution in [3.05, 3.63) is 23.8 Å². The Hall–Kier alpha value is -1.71. The minimum Gasteiger partial charge on any atom is -0.496 e. The van der Waals surface area contributed by atoms with Crippen molar-refractivity contribution in [3.8, 4) is 11.5 Å². The van der Waals surface area contributed by atoms with Crippen LogP contribution in [0.5, 0.6) is 11.5 Å². The van der Waals surface area contributed by atoms with Gasteiger partial charge in [-0.25, -0.2) is 0 Å². The maximum absolute atomic E-state index is 9.00. The van der Waals surface area contributed by atoms with Gasteiger partial charge in [0.2, 0.25) is 0 Å². The van der Waals surface area contributed by atoms with E-state index in [1.165, 1.54) is 0 Å². The predicted octanol–water partition coefficient (Wildman–Crippen LogP) is 2.36. The number of aliphatic carboxylic acids is 1. The Morgan fingerprint density at radius 3 is 1.88 bits per heavy atom. The molecular formula is C12H18O4. The number of hydrogen-bond donors (Lipinski definition) is 1. The van der Waals surface area contributed by atoms with Crippen LogP contribution in [0.2, 0.25) is 0 Å². The standard InChI is InChI=1S/C10H14O2.C2H4O2/c1-4-8-9(11-2)6-5-7-10(8)12-3;1-2(3)4/h5-7H,4H2,1-3H3;1H3,(H,3,4). The first-order chi connectivity index (χ1) is 7.56. The minimum absolute atomic E-state index is 0.833. The zero-order chi connectivity index (χ0) is 12.6. The lowest BCUT2D eigenvalue weighted by atomic mass is 10.1. The number of hydrogen-bond acceptors (Lipinski definition) is 3. The number of methoxy groups -OCH3 is 2. The lowest BCUT2D eigenvalue weighted by molar-refractivity contribution is -0.134. The number of benzene rings is 1. The minimum atomic E-state index is -0.833. The summed E-state index contributed by atoms with van der Waals surface area (Å²) in [5.74, 6) is 0.966. The monoisotopic (exact) mass is 226 g/mol. The molecule has 0 heterocycles. The first kappa shape index (κ1) is 14.3. The van der Waals surface area contributed by atoms with Crippen molar-refractivity contribution in [3.63, 3.8) is 0 Å². The second-order valence-electron chi connectivity index (χ2n) is 3.01. The van der Waals surface area contributed by atoms with Crippen LogP contribution in [0, 0.1) is 0 Å². The average Bonchev–Trinajstić information content (AvgIpc) is 2.26. The maximum atomic E-state index is 9.00. The molecule has 0 unspecified atom stereocenters. The lowest BCUT2D eigenvalue weighted by Gasteiger charge is -2.10. The van der Waals surface area contributed by atoms with Gasteiger partial charge in [-0.3, -0.25) is 4.79 Å². The SMILES string of the molecule is CC(=O)O.CCc1c(OC)cccc1OC. The first-order valence-electron chi connectivity index (χ1n) is 4.96. The van der Waals surface area contributed by atoms with E-state index in [4.69, 9.17) is 19.4 Å². The van der Waals surface area contributed by atoms with Gasteiger partial charge in [0.25, 0.3) is 5.97 Å². The second kappa shape index (κ2) is 7.56. The first-order valence-corrected chi connectivity index (χ1v) is 4.96. The van der Waals surface area contributed by atoms with E-state index < -0.39 is 5.97 Å². The Kier molecular flexibility index (Phi) is 6.76. The number of carboxylic acid groups (broad SMARTS) is 1. The summed E-state index contributed by atoms with van der Waals surface area (Å²) in [6, 6.07) is 5.82. The normalized spacial score (nSPS) is 8.75. The fourth-order valence-electron chi connectivity index (χ4n) is 1.28. The molecule has 0 saturated heterocycles. The van der Waals surface area contributed by atoms with E-state index >= 15 is 0 Å². The molecule has 0 amide bonds. The molecule has 0 fully saturated rings. The molecule has 0 radical (unpaired) electrons. The molecule has 0 saturated carbocycles. The van der Waals surface area contributed by atoms with Crippen LogP contribution in [0.15, 0.2) is 18.2 Å². The van der Waals surface area contributed by atoms with Gasteiger partial charge >= 0.3 is 0 Å². The summed E-state index contributed by atoms with van der Waals surface area (Å²) in [5.41, 5.74) is 1.13. The molecule has 0 bridgehead atoms. The largest absolute Gasteiger partial charge is 0.496 e. The molecular weight excluding hydrogens is 208 g/mol. The summed E-state index contributed by atoms with van der Waals surface area (Å²) in [5, 5.41) is 7.42. The van der Waals surface area contributed by atoms with Crippen LogP contribution >= 0.6 is 0 Å². The van der Waals surface area contributed by atoms with Crippen LogP contribution in [-0.4, -0.2) is 25.3 Å². The van der Waals surface area contributed by atoms with Crippen molar-refractivity contribution in [1.82, 2.24) is 0 Å². The zero-order valence-electron chi connectivity index (χ0n) is 10.1. The summed E-state index contributed by atoms with van der Waals surface area (Å²) in [7, 11) is 3.35. The van der Waals surface area contributed by atoms with Gasteiger partial charge in [-0.2, -0.15) is 0 Å². The summed E-state index contributed by atoms with van der Waals surface area (Å²) in [4.78, 5) is 9.00.